The standard InChI is InChI=1S/C29H52O20/c1-9(2)24-26(49-29-23(42)20(39)16(35)13(8-32)47-29)25(17(36)10(44-24)3-5-30)48-28-22(41)18(37)14(33)11(45-28)4-6-43-27-21(40)19(38)15(34)12(7-31)46-27/h9-42H,3-8H2,1-2H3/t10-,11-,12-,13-,14-,15-,16-,17-,18+,19+,20+,21-,22-,23-,24+,25+,26+,27+,28+,29+/m1/s1. The third-order valence-corrected chi connectivity index (χ3v) is 9.40. The van der Waals surface area contributed by atoms with Crippen LogP contribution in [0.25, 0.3) is 0 Å². The van der Waals surface area contributed by atoms with Crippen molar-refractivity contribution in [1.82, 2.24) is 0 Å². The van der Waals surface area contributed by atoms with Gasteiger partial charge in [0.15, 0.2) is 18.9 Å². The fourth-order valence-electron chi connectivity index (χ4n) is 6.43. The van der Waals surface area contributed by atoms with E-state index in [1.807, 2.05) is 0 Å². The van der Waals surface area contributed by atoms with Gasteiger partial charge in [0.05, 0.1) is 38.1 Å². The molecule has 288 valence electrons. The number of hydrogen-bond donors (Lipinski definition) is 13. The predicted molar refractivity (Wildman–Crippen MR) is 156 cm³/mol. The van der Waals surface area contributed by atoms with E-state index in [0.29, 0.717) is 0 Å². The van der Waals surface area contributed by atoms with Gasteiger partial charge in [-0.05, 0) is 18.8 Å². The van der Waals surface area contributed by atoms with Gasteiger partial charge in [-0.1, -0.05) is 13.8 Å². The van der Waals surface area contributed by atoms with E-state index in [1.165, 1.54) is 0 Å². The molecule has 0 aromatic carbocycles. The molecule has 0 aliphatic carbocycles. The fraction of sp³-hybridized carbons (Fsp3) is 1.00. The number of aliphatic hydroxyl groups is 13. The summed E-state index contributed by atoms with van der Waals surface area (Å²) < 4.78 is 40.2. The predicted octanol–water partition coefficient (Wildman–Crippen LogP) is -7.26. The Morgan fingerprint density at radius 3 is 1.39 bits per heavy atom. The Morgan fingerprint density at radius 1 is 0.469 bits per heavy atom. The molecular formula is C29H52O20. The number of ether oxygens (including phenoxy) is 7. The first-order chi connectivity index (χ1) is 23.2. The average molecular weight is 721 g/mol. The first-order valence-corrected chi connectivity index (χ1v) is 16.3. The van der Waals surface area contributed by atoms with Crippen LogP contribution in [0, 0.1) is 5.92 Å². The summed E-state index contributed by atoms with van der Waals surface area (Å²) in [5.41, 5.74) is 0. The van der Waals surface area contributed by atoms with E-state index in [0.717, 1.165) is 0 Å². The van der Waals surface area contributed by atoms with Crippen molar-refractivity contribution >= 4 is 0 Å². The fourth-order valence-corrected chi connectivity index (χ4v) is 6.43. The topological polar surface area (TPSA) is 328 Å². The Labute approximate surface area is 281 Å². The van der Waals surface area contributed by atoms with Gasteiger partial charge in [-0.3, -0.25) is 0 Å². The van der Waals surface area contributed by atoms with Crippen molar-refractivity contribution in [2.24, 2.45) is 5.92 Å². The Hall–Kier alpha value is -0.800. The van der Waals surface area contributed by atoms with Gasteiger partial charge in [0.25, 0.3) is 0 Å². The molecule has 4 rings (SSSR count). The molecule has 20 nitrogen and oxygen atoms in total. The highest BCUT2D eigenvalue weighted by Crippen LogP contribution is 2.36. The van der Waals surface area contributed by atoms with Gasteiger partial charge in [-0.2, -0.15) is 0 Å². The zero-order valence-corrected chi connectivity index (χ0v) is 27.0. The van der Waals surface area contributed by atoms with Crippen molar-refractivity contribution < 1.29 is 99.5 Å². The van der Waals surface area contributed by atoms with E-state index in [1.54, 1.807) is 13.8 Å². The highest BCUT2D eigenvalue weighted by molar-refractivity contribution is 4.99. The van der Waals surface area contributed by atoms with Gasteiger partial charge in [0.1, 0.15) is 85.5 Å². The quantitative estimate of drug-likeness (QED) is 0.0840. The lowest BCUT2D eigenvalue weighted by Crippen LogP contribution is -2.67. The minimum atomic E-state index is -1.89. The van der Waals surface area contributed by atoms with Crippen LogP contribution >= 0.6 is 0 Å². The van der Waals surface area contributed by atoms with E-state index in [9.17, 15) is 66.4 Å². The molecule has 0 spiro atoms. The zero-order valence-electron chi connectivity index (χ0n) is 27.0. The lowest BCUT2D eigenvalue weighted by molar-refractivity contribution is -0.372. The third kappa shape index (κ3) is 8.88. The molecule has 20 heteroatoms. The molecule has 4 aliphatic rings. The number of aliphatic hydroxyl groups excluding tert-OH is 13. The van der Waals surface area contributed by atoms with E-state index in [4.69, 9.17) is 33.2 Å². The van der Waals surface area contributed by atoms with Crippen LogP contribution in [0.5, 0.6) is 0 Å². The van der Waals surface area contributed by atoms with Gasteiger partial charge in [-0.15, -0.1) is 0 Å². The third-order valence-electron chi connectivity index (χ3n) is 9.40. The van der Waals surface area contributed by atoms with E-state index in [2.05, 4.69) is 0 Å². The molecule has 0 aromatic heterocycles. The molecule has 49 heavy (non-hydrogen) atoms. The average Bonchev–Trinajstić information content (AvgIpc) is 3.07. The highest BCUT2D eigenvalue weighted by atomic mass is 16.7. The lowest BCUT2D eigenvalue weighted by atomic mass is 9.87. The molecule has 4 heterocycles. The van der Waals surface area contributed by atoms with Crippen molar-refractivity contribution in [3.05, 3.63) is 0 Å². The maximum atomic E-state index is 11.4. The maximum absolute atomic E-state index is 11.4. The van der Waals surface area contributed by atoms with Crippen molar-refractivity contribution in [3.8, 4) is 0 Å². The number of hydrogen-bond acceptors (Lipinski definition) is 20. The monoisotopic (exact) mass is 720 g/mol. The van der Waals surface area contributed by atoms with Crippen molar-refractivity contribution in [2.75, 3.05) is 26.4 Å². The van der Waals surface area contributed by atoms with E-state index in [-0.39, 0.29) is 25.4 Å². The normalized spacial score (nSPS) is 49.7. The molecule has 0 saturated carbocycles. The van der Waals surface area contributed by atoms with Crippen LogP contribution in [-0.2, 0) is 33.2 Å². The summed E-state index contributed by atoms with van der Waals surface area (Å²) in [4.78, 5) is 0. The lowest BCUT2D eigenvalue weighted by Gasteiger charge is -2.50. The van der Waals surface area contributed by atoms with Crippen molar-refractivity contribution in [2.45, 2.75) is 149 Å². The van der Waals surface area contributed by atoms with Crippen LogP contribution in [0.15, 0.2) is 0 Å². The minimum absolute atomic E-state index is 0.0651. The smallest absolute Gasteiger partial charge is 0.187 e. The SMILES string of the molecule is CC(C)[C@@H]1O[C@H](CCO)[C@@H](O)[C@H](O[C@@H]2O[C@H](CCO[C@H]3O[C@H](CO)[C@@H](O)[C@H](O)[C@H]3O)[C@@H](O)[C@H](O)[C@H]2O)[C@H]1O[C@@H]1O[C@H](CO)[C@@H](O)[C@H](O)[C@H]1O. The molecule has 0 amide bonds. The first-order valence-electron chi connectivity index (χ1n) is 16.3. The van der Waals surface area contributed by atoms with E-state index >= 15 is 0 Å². The second-order valence-corrected chi connectivity index (χ2v) is 13.2. The molecule has 4 fully saturated rings. The summed E-state index contributed by atoms with van der Waals surface area (Å²) in [5.74, 6) is -0.383. The molecule has 0 bridgehead atoms. The summed E-state index contributed by atoms with van der Waals surface area (Å²) in [5, 5.41) is 134. The van der Waals surface area contributed by atoms with Gasteiger partial charge in [0, 0.05) is 6.61 Å². The van der Waals surface area contributed by atoms with Crippen molar-refractivity contribution in [3.63, 3.8) is 0 Å². The molecule has 4 saturated heterocycles. The summed E-state index contributed by atoms with van der Waals surface area (Å²) in [6, 6.07) is 0. The van der Waals surface area contributed by atoms with Gasteiger partial charge in [-0.25, -0.2) is 0 Å². The Bertz CT molecular complexity index is 991. The summed E-state index contributed by atoms with van der Waals surface area (Å²) in [6.07, 6.45) is -31.3. The zero-order chi connectivity index (χ0) is 36.3. The molecule has 13 N–H and O–H groups in total. The van der Waals surface area contributed by atoms with Crippen LogP contribution in [0.1, 0.15) is 26.7 Å². The van der Waals surface area contributed by atoms with Gasteiger partial charge < -0.3 is 99.5 Å². The minimum Gasteiger partial charge on any atom is -0.396 e. The second-order valence-electron chi connectivity index (χ2n) is 13.2. The van der Waals surface area contributed by atoms with E-state index < -0.39 is 142 Å². The summed E-state index contributed by atoms with van der Waals surface area (Å²) in [7, 11) is 0. The van der Waals surface area contributed by atoms with Crippen LogP contribution in [0.3, 0.4) is 0 Å². The molecule has 20 atom stereocenters. The molecule has 0 radical (unpaired) electrons. The highest BCUT2D eigenvalue weighted by Gasteiger charge is 2.54. The van der Waals surface area contributed by atoms with Crippen LogP contribution in [-0.4, -0.2) is 215 Å². The van der Waals surface area contributed by atoms with Gasteiger partial charge in [0.2, 0.25) is 0 Å². The Kier molecular flexibility index (Phi) is 14.9. The van der Waals surface area contributed by atoms with Crippen LogP contribution in [0.4, 0.5) is 0 Å². The molecule has 0 aromatic rings. The molecular weight excluding hydrogens is 668 g/mol. The molecule has 0 unspecified atom stereocenters. The first kappa shape index (κ1) is 41.0. The van der Waals surface area contributed by atoms with Crippen molar-refractivity contribution in [1.29, 1.82) is 0 Å². The Balaban J connectivity index is 1.52. The Morgan fingerprint density at radius 2 is 0.898 bits per heavy atom. The summed E-state index contributed by atoms with van der Waals surface area (Å²) in [6.45, 7) is 1.30. The second kappa shape index (κ2) is 17.8. The largest absolute Gasteiger partial charge is 0.396 e. The maximum Gasteiger partial charge on any atom is 0.187 e. The van der Waals surface area contributed by atoms with Gasteiger partial charge >= 0.3 is 0 Å². The molecule has 4 aliphatic heterocycles. The van der Waals surface area contributed by atoms with Crippen LogP contribution < -0.4 is 0 Å². The van der Waals surface area contributed by atoms with Crippen LogP contribution in [0.2, 0.25) is 0 Å². The number of rotatable bonds is 13. The summed E-state index contributed by atoms with van der Waals surface area (Å²) >= 11 is 0.